The molecule has 0 amide bonds. The molecule has 1 rings (SSSR count). The fourth-order valence-electron chi connectivity index (χ4n) is 2.02. The van der Waals surface area contributed by atoms with Crippen molar-refractivity contribution in [3.8, 4) is 0 Å². The molecule has 2 nitrogen and oxygen atoms in total. The minimum Gasteiger partial charge on any atom is -0.313 e. The van der Waals surface area contributed by atoms with Crippen LogP contribution in [0.2, 0.25) is 0 Å². The Hall–Kier alpha value is -0.340. The van der Waals surface area contributed by atoms with Crippen molar-refractivity contribution in [2.75, 3.05) is 19.6 Å². The predicted octanol–water partition coefficient (Wildman–Crippen LogP) is 2.42. The van der Waals surface area contributed by atoms with Crippen LogP contribution in [-0.2, 0) is 0 Å². The summed E-state index contributed by atoms with van der Waals surface area (Å²) in [6.07, 6.45) is 4.87. The lowest BCUT2D eigenvalue weighted by Gasteiger charge is -2.33. The van der Waals surface area contributed by atoms with E-state index < -0.39 is 0 Å². The third kappa shape index (κ3) is 4.35. The van der Waals surface area contributed by atoms with Gasteiger partial charge >= 0.3 is 0 Å². The Morgan fingerprint density at radius 1 is 1.47 bits per heavy atom. The summed E-state index contributed by atoms with van der Waals surface area (Å²) in [5.74, 6) is 0. The number of nitrogens with zero attached hydrogens (tertiary/aromatic N) is 1. The van der Waals surface area contributed by atoms with E-state index in [-0.39, 0.29) is 0 Å². The van der Waals surface area contributed by atoms with Crippen LogP contribution < -0.4 is 5.32 Å². The maximum atomic E-state index is 3.54. The fraction of sp³-hybridized carbons (Fsp3) is 0.846. The average Bonchev–Trinajstić information content (AvgIpc) is 2.21. The lowest BCUT2D eigenvalue weighted by molar-refractivity contribution is 0.197. The molecule has 0 saturated heterocycles. The van der Waals surface area contributed by atoms with Gasteiger partial charge in [-0.1, -0.05) is 32.4 Å². The zero-order chi connectivity index (χ0) is 11.3. The van der Waals surface area contributed by atoms with E-state index >= 15 is 0 Å². The lowest BCUT2D eigenvalue weighted by Crippen LogP contribution is -2.45. The average molecular weight is 210 g/mol. The van der Waals surface area contributed by atoms with Gasteiger partial charge in [0, 0.05) is 31.7 Å². The Bertz CT molecular complexity index is 209. The third-order valence-corrected chi connectivity index (χ3v) is 3.22. The first kappa shape index (κ1) is 12.7. The maximum absolute atomic E-state index is 3.54. The Kier molecular flexibility index (Phi) is 5.34. The molecule has 0 radical (unpaired) electrons. The van der Waals surface area contributed by atoms with Crippen LogP contribution in [0.15, 0.2) is 11.6 Å². The summed E-state index contributed by atoms with van der Waals surface area (Å²) in [6, 6.07) is 1.30. The Morgan fingerprint density at radius 2 is 2.20 bits per heavy atom. The Balaban J connectivity index is 2.38. The summed E-state index contributed by atoms with van der Waals surface area (Å²) in [6.45, 7) is 12.5. The first-order chi connectivity index (χ1) is 7.13. The van der Waals surface area contributed by atoms with Crippen LogP contribution in [0, 0.1) is 0 Å². The number of hydrogen-bond acceptors (Lipinski definition) is 2. The second-order valence-corrected chi connectivity index (χ2v) is 4.92. The molecule has 2 heteroatoms. The standard InChI is InChI=1S/C13H26N2/c1-5-13(10-14-11(2)3)15-8-6-12(4)7-9-15/h6,11,13-14H,5,7-10H2,1-4H3. The molecule has 0 spiro atoms. The van der Waals surface area contributed by atoms with Crippen LogP contribution in [0.4, 0.5) is 0 Å². The van der Waals surface area contributed by atoms with Crippen molar-refractivity contribution in [3.05, 3.63) is 11.6 Å². The third-order valence-electron chi connectivity index (χ3n) is 3.22. The van der Waals surface area contributed by atoms with E-state index in [1.165, 1.54) is 19.4 Å². The minimum atomic E-state index is 0.598. The van der Waals surface area contributed by atoms with Crippen molar-refractivity contribution in [1.82, 2.24) is 10.2 Å². The van der Waals surface area contributed by atoms with Gasteiger partial charge in [-0.15, -0.1) is 0 Å². The van der Waals surface area contributed by atoms with E-state index in [0.717, 1.165) is 13.1 Å². The molecular formula is C13H26N2. The summed E-state index contributed by atoms with van der Waals surface area (Å²) in [5.41, 5.74) is 1.55. The molecule has 0 aliphatic carbocycles. The highest BCUT2D eigenvalue weighted by molar-refractivity contribution is 5.04. The van der Waals surface area contributed by atoms with Gasteiger partial charge in [-0.05, 0) is 19.8 Å². The van der Waals surface area contributed by atoms with Crippen LogP contribution in [-0.4, -0.2) is 36.6 Å². The summed E-state index contributed by atoms with van der Waals surface area (Å²) >= 11 is 0. The summed E-state index contributed by atoms with van der Waals surface area (Å²) in [4.78, 5) is 2.60. The smallest absolute Gasteiger partial charge is 0.0221 e. The highest BCUT2D eigenvalue weighted by Crippen LogP contribution is 2.13. The van der Waals surface area contributed by atoms with Crippen LogP contribution in [0.1, 0.15) is 40.5 Å². The topological polar surface area (TPSA) is 15.3 Å². The van der Waals surface area contributed by atoms with Crippen molar-refractivity contribution in [3.63, 3.8) is 0 Å². The van der Waals surface area contributed by atoms with E-state index in [1.807, 2.05) is 0 Å². The molecule has 1 atom stereocenters. The number of rotatable bonds is 5. The van der Waals surface area contributed by atoms with Gasteiger partial charge in [0.25, 0.3) is 0 Å². The highest BCUT2D eigenvalue weighted by Gasteiger charge is 2.18. The van der Waals surface area contributed by atoms with Gasteiger partial charge < -0.3 is 5.32 Å². The molecule has 88 valence electrons. The van der Waals surface area contributed by atoms with E-state index in [4.69, 9.17) is 0 Å². The highest BCUT2D eigenvalue weighted by atomic mass is 15.2. The zero-order valence-corrected chi connectivity index (χ0v) is 10.7. The molecular weight excluding hydrogens is 184 g/mol. The van der Waals surface area contributed by atoms with Crippen LogP contribution >= 0.6 is 0 Å². The predicted molar refractivity (Wildman–Crippen MR) is 67.2 cm³/mol. The van der Waals surface area contributed by atoms with E-state index in [0.29, 0.717) is 12.1 Å². The largest absolute Gasteiger partial charge is 0.313 e. The summed E-state index contributed by atoms with van der Waals surface area (Å²) < 4.78 is 0. The molecule has 1 unspecified atom stereocenters. The van der Waals surface area contributed by atoms with Gasteiger partial charge in [-0.2, -0.15) is 0 Å². The fourth-order valence-corrected chi connectivity index (χ4v) is 2.02. The molecule has 1 N–H and O–H groups in total. The normalized spacial score (nSPS) is 20.5. The zero-order valence-electron chi connectivity index (χ0n) is 10.7. The SMILES string of the molecule is CCC(CNC(C)C)N1CC=C(C)CC1. The molecule has 0 aromatic carbocycles. The van der Waals surface area contributed by atoms with Crippen molar-refractivity contribution in [1.29, 1.82) is 0 Å². The van der Waals surface area contributed by atoms with Crippen molar-refractivity contribution >= 4 is 0 Å². The molecule has 0 aromatic heterocycles. The molecule has 0 bridgehead atoms. The Morgan fingerprint density at radius 3 is 2.67 bits per heavy atom. The van der Waals surface area contributed by atoms with E-state index in [9.17, 15) is 0 Å². The van der Waals surface area contributed by atoms with E-state index in [1.54, 1.807) is 5.57 Å². The minimum absolute atomic E-state index is 0.598. The molecule has 1 heterocycles. The van der Waals surface area contributed by atoms with Gasteiger partial charge in [0.2, 0.25) is 0 Å². The van der Waals surface area contributed by atoms with E-state index in [2.05, 4.69) is 44.0 Å². The van der Waals surface area contributed by atoms with Gasteiger partial charge in [0.1, 0.15) is 0 Å². The number of hydrogen-bond donors (Lipinski definition) is 1. The monoisotopic (exact) mass is 210 g/mol. The van der Waals surface area contributed by atoms with Gasteiger partial charge in [0.05, 0.1) is 0 Å². The van der Waals surface area contributed by atoms with Crippen molar-refractivity contribution in [2.24, 2.45) is 0 Å². The quantitative estimate of drug-likeness (QED) is 0.701. The van der Waals surface area contributed by atoms with Crippen LogP contribution in [0.3, 0.4) is 0 Å². The lowest BCUT2D eigenvalue weighted by atomic mass is 10.1. The molecule has 0 saturated carbocycles. The van der Waals surface area contributed by atoms with Crippen molar-refractivity contribution in [2.45, 2.75) is 52.6 Å². The van der Waals surface area contributed by atoms with Crippen LogP contribution in [0.25, 0.3) is 0 Å². The first-order valence-corrected chi connectivity index (χ1v) is 6.26. The van der Waals surface area contributed by atoms with Gasteiger partial charge in [0.15, 0.2) is 0 Å². The second kappa shape index (κ2) is 6.29. The van der Waals surface area contributed by atoms with Gasteiger partial charge in [-0.3, -0.25) is 4.90 Å². The molecule has 1 aliphatic rings. The molecule has 0 aromatic rings. The van der Waals surface area contributed by atoms with Crippen molar-refractivity contribution < 1.29 is 0 Å². The maximum Gasteiger partial charge on any atom is 0.0221 e. The van der Waals surface area contributed by atoms with Gasteiger partial charge in [-0.25, -0.2) is 0 Å². The Labute approximate surface area is 94.7 Å². The molecule has 1 aliphatic heterocycles. The summed E-state index contributed by atoms with van der Waals surface area (Å²) in [5, 5.41) is 3.54. The first-order valence-electron chi connectivity index (χ1n) is 6.26. The molecule has 15 heavy (non-hydrogen) atoms. The van der Waals surface area contributed by atoms with Crippen LogP contribution in [0.5, 0.6) is 0 Å². The summed E-state index contributed by atoms with van der Waals surface area (Å²) in [7, 11) is 0. The number of nitrogens with one attached hydrogen (secondary N) is 1. The molecule has 0 fully saturated rings. The second-order valence-electron chi connectivity index (χ2n) is 4.92.